The Morgan fingerprint density at radius 1 is 1.60 bits per heavy atom. The summed E-state index contributed by atoms with van der Waals surface area (Å²) in [5, 5.41) is 0. The molecule has 1 aliphatic heterocycles. The summed E-state index contributed by atoms with van der Waals surface area (Å²) in [6, 6.07) is 0. The van der Waals surface area contributed by atoms with Crippen LogP contribution < -0.4 is 0 Å². The van der Waals surface area contributed by atoms with E-state index in [-0.39, 0.29) is 4.83 Å². The second-order valence-electron chi connectivity index (χ2n) is 1.92. The van der Waals surface area contributed by atoms with Crippen LogP contribution in [0.25, 0.3) is 0 Å². The zero-order valence-corrected chi connectivity index (χ0v) is 6.84. The summed E-state index contributed by atoms with van der Waals surface area (Å²) in [4.78, 5) is 21.0. The molecule has 0 saturated carbocycles. The fraction of sp³-hybridized carbons (Fsp3) is 0.333. The summed E-state index contributed by atoms with van der Waals surface area (Å²) in [7, 11) is 0. The second kappa shape index (κ2) is 2.54. The molecule has 0 saturated heterocycles. The maximum atomic E-state index is 10.7. The number of hydrogen-bond donors (Lipinski definition) is 0. The van der Waals surface area contributed by atoms with Gasteiger partial charge < -0.3 is 4.74 Å². The van der Waals surface area contributed by atoms with E-state index in [4.69, 9.17) is 0 Å². The van der Waals surface area contributed by atoms with Crippen molar-refractivity contribution in [2.24, 2.45) is 0 Å². The first kappa shape index (κ1) is 7.47. The Balaban J connectivity index is 2.85. The Hall–Kier alpha value is -0.640. The highest BCUT2D eigenvalue weighted by atomic mass is 79.9. The van der Waals surface area contributed by atoms with Gasteiger partial charge in [0.1, 0.15) is 0 Å². The van der Waals surface area contributed by atoms with E-state index in [1.165, 1.54) is 6.08 Å². The maximum Gasteiger partial charge on any atom is 0.343 e. The van der Waals surface area contributed by atoms with E-state index in [1.807, 2.05) is 0 Å². The van der Waals surface area contributed by atoms with Crippen LogP contribution in [0.1, 0.15) is 6.92 Å². The molecule has 1 aliphatic rings. The minimum atomic E-state index is -0.577. The fourth-order valence-electron chi connectivity index (χ4n) is 0.643. The molecule has 0 aromatic heterocycles. The summed E-state index contributed by atoms with van der Waals surface area (Å²) in [6.07, 6.45) is 1.20. The van der Waals surface area contributed by atoms with Crippen molar-refractivity contribution in [1.29, 1.82) is 0 Å². The van der Waals surface area contributed by atoms with Crippen molar-refractivity contribution in [1.82, 2.24) is 0 Å². The Labute approximate surface area is 66.2 Å². The SMILES string of the molecule is CC(Br)C1=CC(=O)OC1=O. The van der Waals surface area contributed by atoms with Gasteiger partial charge in [0.05, 0.1) is 5.57 Å². The third-order valence-corrected chi connectivity index (χ3v) is 1.62. The van der Waals surface area contributed by atoms with Crippen LogP contribution >= 0.6 is 15.9 Å². The van der Waals surface area contributed by atoms with E-state index in [0.29, 0.717) is 5.57 Å². The third kappa shape index (κ3) is 1.26. The van der Waals surface area contributed by atoms with Gasteiger partial charge in [0.2, 0.25) is 0 Å². The van der Waals surface area contributed by atoms with Crippen molar-refractivity contribution >= 4 is 27.9 Å². The largest absolute Gasteiger partial charge is 0.386 e. The number of ether oxygens (including phenoxy) is 1. The molecule has 0 aliphatic carbocycles. The van der Waals surface area contributed by atoms with Crippen LogP contribution in [0, 0.1) is 0 Å². The van der Waals surface area contributed by atoms with Gasteiger partial charge in [-0.1, -0.05) is 15.9 Å². The number of hydrogen-bond acceptors (Lipinski definition) is 3. The highest BCUT2D eigenvalue weighted by Gasteiger charge is 2.26. The number of alkyl halides is 1. The average Bonchev–Trinajstić information content (AvgIpc) is 2.10. The molecule has 0 bridgehead atoms. The molecule has 0 aromatic rings. The van der Waals surface area contributed by atoms with Crippen LogP contribution in [0.2, 0.25) is 0 Å². The van der Waals surface area contributed by atoms with Gasteiger partial charge in [0, 0.05) is 10.9 Å². The highest BCUT2D eigenvalue weighted by molar-refractivity contribution is 9.09. The van der Waals surface area contributed by atoms with E-state index in [0.717, 1.165) is 0 Å². The molecule has 10 heavy (non-hydrogen) atoms. The minimum absolute atomic E-state index is 0.119. The molecular weight excluding hydrogens is 200 g/mol. The molecule has 1 unspecified atom stereocenters. The predicted molar refractivity (Wildman–Crippen MR) is 37.6 cm³/mol. The van der Waals surface area contributed by atoms with Crippen molar-refractivity contribution in [2.45, 2.75) is 11.8 Å². The summed E-state index contributed by atoms with van der Waals surface area (Å²) < 4.78 is 4.23. The maximum absolute atomic E-state index is 10.7. The van der Waals surface area contributed by atoms with Gasteiger partial charge in [-0.15, -0.1) is 0 Å². The van der Waals surface area contributed by atoms with Gasteiger partial charge in [0.15, 0.2) is 0 Å². The molecule has 0 aromatic carbocycles. The van der Waals surface area contributed by atoms with Gasteiger partial charge in [-0.25, -0.2) is 9.59 Å². The van der Waals surface area contributed by atoms with Crippen LogP contribution in [0.3, 0.4) is 0 Å². The van der Waals surface area contributed by atoms with Gasteiger partial charge in [-0.05, 0) is 6.92 Å². The molecule has 0 fully saturated rings. The molecule has 0 N–H and O–H groups in total. The van der Waals surface area contributed by atoms with Crippen molar-refractivity contribution in [3.8, 4) is 0 Å². The summed E-state index contributed by atoms with van der Waals surface area (Å²) in [6.45, 7) is 1.76. The predicted octanol–water partition coefficient (Wildman–Crippen LogP) is 0.780. The van der Waals surface area contributed by atoms with E-state index in [9.17, 15) is 9.59 Å². The van der Waals surface area contributed by atoms with Crippen LogP contribution in [0.4, 0.5) is 0 Å². The van der Waals surface area contributed by atoms with Gasteiger partial charge >= 0.3 is 11.9 Å². The normalized spacial score (nSPS) is 20.4. The molecule has 0 spiro atoms. The lowest BCUT2D eigenvalue weighted by Crippen LogP contribution is -2.07. The van der Waals surface area contributed by atoms with Crippen molar-refractivity contribution < 1.29 is 14.3 Å². The molecular formula is C6H5BrO3. The van der Waals surface area contributed by atoms with E-state index in [1.54, 1.807) is 6.92 Å². The third-order valence-electron chi connectivity index (χ3n) is 1.13. The van der Waals surface area contributed by atoms with Gasteiger partial charge in [-0.2, -0.15) is 0 Å². The molecule has 4 heteroatoms. The lowest BCUT2D eigenvalue weighted by atomic mass is 10.2. The summed E-state index contributed by atoms with van der Waals surface area (Å²) in [5.74, 6) is -1.12. The average molecular weight is 205 g/mol. The van der Waals surface area contributed by atoms with Crippen molar-refractivity contribution in [3.05, 3.63) is 11.6 Å². The second-order valence-corrected chi connectivity index (χ2v) is 3.30. The quantitative estimate of drug-likeness (QED) is 0.361. The molecule has 54 valence electrons. The van der Waals surface area contributed by atoms with Crippen LogP contribution in [-0.2, 0) is 14.3 Å². The highest BCUT2D eigenvalue weighted by Crippen LogP contribution is 2.17. The smallest absolute Gasteiger partial charge is 0.343 e. The van der Waals surface area contributed by atoms with Crippen molar-refractivity contribution in [3.63, 3.8) is 0 Å². The van der Waals surface area contributed by atoms with Gasteiger partial charge in [0.25, 0.3) is 0 Å². The zero-order valence-electron chi connectivity index (χ0n) is 5.26. The number of carbonyl (C=O) groups excluding carboxylic acids is 2. The molecule has 3 nitrogen and oxygen atoms in total. The Bertz CT molecular complexity index is 217. The number of carbonyl (C=O) groups is 2. The van der Waals surface area contributed by atoms with Crippen LogP contribution in [-0.4, -0.2) is 16.8 Å². The lowest BCUT2D eigenvalue weighted by molar-refractivity contribution is -0.150. The Morgan fingerprint density at radius 2 is 2.20 bits per heavy atom. The topological polar surface area (TPSA) is 43.4 Å². The Morgan fingerprint density at radius 3 is 2.40 bits per heavy atom. The molecule has 0 radical (unpaired) electrons. The lowest BCUT2D eigenvalue weighted by Gasteiger charge is -1.97. The molecule has 1 rings (SSSR count). The van der Waals surface area contributed by atoms with E-state index < -0.39 is 11.9 Å². The van der Waals surface area contributed by atoms with E-state index >= 15 is 0 Å². The molecule has 1 atom stereocenters. The summed E-state index contributed by atoms with van der Waals surface area (Å²) in [5.41, 5.74) is 0.380. The van der Waals surface area contributed by atoms with E-state index in [2.05, 4.69) is 20.7 Å². The Kier molecular flexibility index (Phi) is 1.89. The molecule has 0 amide bonds. The number of halogens is 1. The number of cyclic esters (lactones) is 2. The monoisotopic (exact) mass is 204 g/mol. The fourth-order valence-corrected chi connectivity index (χ4v) is 0.962. The number of rotatable bonds is 1. The standard InChI is InChI=1S/C6H5BrO3/c1-3(7)4-2-5(8)10-6(4)9/h2-3H,1H3. The first-order chi connectivity index (χ1) is 4.61. The number of esters is 2. The minimum Gasteiger partial charge on any atom is -0.386 e. The van der Waals surface area contributed by atoms with Crippen LogP contribution in [0.15, 0.2) is 11.6 Å². The first-order valence-corrected chi connectivity index (χ1v) is 3.64. The summed E-state index contributed by atoms with van der Waals surface area (Å²) >= 11 is 3.15. The van der Waals surface area contributed by atoms with Crippen LogP contribution in [0.5, 0.6) is 0 Å². The van der Waals surface area contributed by atoms with Crippen molar-refractivity contribution in [2.75, 3.05) is 0 Å². The zero-order chi connectivity index (χ0) is 7.72. The van der Waals surface area contributed by atoms with Gasteiger partial charge in [-0.3, -0.25) is 0 Å². The first-order valence-electron chi connectivity index (χ1n) is 2.73. The molecule has 1 heterocycles.